The summed E-state index contributed by atoms with van der Waals surface area (Å²) >= 11 is 0. The molecule has 3 aromatic carbocycles. The molecule has 15 nitrogen and oxygen atoms in total. The fourth-order valence-electron chi connectivity index (χ4n) is 8.55. The first kappa shape index (κ1) is 39.1. The number of anilines is 1. The van der Waals surface area contributed by atoms with Gasteiger partial charge in [0.2, 0.25) is 0 Å². The van der Waals surface area contributed by atoms with E-state index >= 15 is 0 Å². The Bertz CT molecular complexity index is 2050. The van der Waals surface area contributed by atoms with Gasteiger partial charge in [-0.15, -0.1) is 0 Å². The zero-order valence-corrected chi connectivity index (χ0v) is 30.4. The number of aliphatic carboxylic acids is 1. The van der Waals surface area contributed by atoms with E-state index in [9.17, 15) is 50.4 Å². The summed E-state index contributed by atoms with van der Waals surface area (Å²) in [7, 11) is 0. The number of aliphatic hydroxyl groups is 5. The van der Waals surface area contributed by atoms with Crippen LogP contribution in [0, 0.1) is 0 Å². The molecule has 3 aromatic rings. The van der Waals surface area contributed by atoms with Crippen LogP contribution >= 0.6 is 0 Å². The lowest BCUT2D eigenvalue weighted by Crippen LogP contribution is -2.67. The lowest BCUT2D eigenvalue weighted by Gasteiger charge is -2.44. The highest BCUT2D eigenvalue weighted by atomic mass is 16.8. The number of hydrogen-bond donors (Lipinski definition) is 8. The van der Waals surface area contributed by atoms with E-state index in [-0.39, 0.29) is 11.4 Å². The van der Waals surface area contributed by atoms with Crippen molar-refractivity contribution >= 4 is 35.6 Å². The van der Waals surface area contributed by atoms with E-state index in [0.29, 0.717) is 41.9 Å². The molecule has 1 aliphatic carbocycles. The number of hydrogen-bond acceptors (Lipinski definition) is 13. The molecule has 15 heteroatoms. The molecule has 0 aromatic heterocycles. The Morgan fingerprint density at radius 2 is 1.71 bits per heavy atom. The molecule has 7 atom stereocenters. The SMILES string of the molecule is O=C(O)[C@H]1[C@@H](CC2(c3ccccc3)CCCCC2)c2cc(O)c(O[C@@]3(O)O[C@H](CO)[C@@H](O)[C@H](O)[C@H]3O)cc2N1C(=O)C=Cc1ccc(O)c(CC2=NCN=C2)c1. The van der Waals surface area contributed by atoms with E-state index in [1.165, 1.54) is 24.3 Å². The van der Waals surface area contributed by atoms with Crippen molar-refractivity contribution in [3.63, 3.8) is 0 Å². The molecular formula is C41H45N3O12. The Morgan fingerprint density at radius 1 is 0.964 bits per heavy atom. The molecule has 296 valence electrons. The van der Waals surface area contributed by atoms with Gasteiger partial charge in [-0.3, -0.25) is 19.7 Å². The zero-order chi connectivity index (χ0) is 39.8. The summed E-state index contributed by atoms with van der Waals surface area (Å²) in [4.78, 5) is 37.2. The van der Waals surface area contributed by atoms with E-state index in [0.717, 1.165) is 48.6 Å². The Balaban J connectivity index is 1.29. The number of carboxylic acid groups (broad SMARTS) is 1. The number of ether oxygens (including phenoxy) is 2. The molecule has 0 bridgehead atoms. The van der Waals surface area contributed by atoms with Gasteiger partial charge in [-0.1, -0.05) is 55.7 Å². The van der Waals surface area contributed by atoms with Gasteiger partial charge in [0.15, 0.2) is 17.6 Å². The van der Waals surface area contributed by atoms with Crippen LogP contribution in [0.15, 0.2) is 76.7 Å². The summed E-state index contributed by atoms with van der Waals surface area (Å²) in [5.41, 5.74) is 2.73. The van der Waals surface area contributed by atoms with E-state index < -0.39 is 77.7 Å². The van der Waals surface area contributed by atoms with E-state index in [4.69, 9.17) is 9.47 Å². The quantitative estimate of drug-likeness (QED) is 0.104. The number of nitrogens with zero attached hydrogens (tertiary/aromatic N) is 3. The van der Waals surface area contributed by atoms with Crippen molar-refractivity contribution in [2.24, 2.45) is 9.98 Å². The van der Waals surface area contributed by atoms with Crippen molar-refractivity contribution < 1.29 is 59.9 Å². The highest BCUT2D eigenvalue weighted by molar-refractivity contribution is 6.32. The summed E-state index contributed by atoms with van der Waals surface area (Å²) < 4.78 is 10.8. The largest absolute Gasteiger partial charge is 0.508 e. The van der Waals surface area contributed by atoms with Gasteiger partial charge in [-0.2, -0.15) is 0 Å². The first-order chi connectivity index (χ1) is 26.8. The summed E-state index contributed by atoms with van der Waals surface area (Å²) in [6, 6.07) is 15.6. The fraction of sp³-hybridized carbons (Fsp3) is 0.415. The maximum atomic E-state index is 14.4. The first-order valence-electron chi connectivity index (χ1n) is 18.6. The van der Waals surface area contributed by atoms with Crippen LogP contribution in [0.4, 0.5) is 5.69 Å². The predicted octanol–water partition coefficient (Wildman–Crippen LogP) is 2.51. The molecular weight excluding hydrogens is 726 g/mol. The van der Waals surface area contributed by atoms with Gasteiger partial charge >= 0.3 is 11.9 Å². The van der Waals surface area contributed by atoms with Crippen LogP contribution in [0.3, 0.4) is 0 Å². The molecule has 3 aliphatic heterocycles. The van der Waals surface area contributed by atoms with Crippen LogP contribution in [-0.2, 0) is 26.2 Å². The van der Waals surface area contributed by atoms with Crippen molar-refractivity contribution in [2.75, 3.05) is 18.2 Å². The molecule has 0 unspecified atom stereocenters. The minimum atomic E-state index is -3.09. The Kier molecular flexibility index (Phi) is 11.0. The van der Waals surface area contributed by atoms with Crippen LogP contribution in [-0.4, -0.2) is 114 Å². The molecule has 2 fully saturated rings. The minimum Gasteiger partial charge on any atom is -0.508 e. The average molecular weight is 772 g/mol. The standard InChI is InChI=1S/C41H45N3O12/c45-21-33-36(49)37(50)38(51)41(54,56-33)55-32-18-29-27(17-31(32)47)28(19-40(13-5-2-6-14-40)25-7-3-1-4-8-25)35(39(52)53)44(29)34(48)12-10-23-9-11-30(46)24(15-23)16-26-20-42-22-43-26/h1,3-4,7-12,15,17-18,20,28,33,35-38,45-47,49-51,54H,2,5-6,13-14,16,19,21-22H2,(H,52,53)/t28-,33+,35+,36+,37-,38+,41+/m0/s1. The van der Waals surface area contributed by atoms with Gasteiger partial charge in [-0.25, -0.2) is 4.79 Å². The van der Waals surface area contributed by atoms with Crippen molar-refractivity contribution in [2.45, 2.75) is 92.7 Å². The average Bonchev–Trinajstić information content (AvgIpc) is 3.82. The smallest absolute Gasteiger partial charge is 0.355 e. The zero-order valence-electron chi connectivity index (χ0n) is 30.4. The monoisotopic (exact) mass is 771 g/mol. The number of carbonyl (C=O) groups excluding carboxylic acids is 1. The summed E-state index contributed by atoms with van der Waals surface area (Å²) in [6.45, 7) is -0.566. The second-order valence-electron chi connectivity index (χ2n) is 14.9. The van der Waals surface area contributed by atoms with Crippen LogP contribution in [0.2, 0.25) is 0 Å². The Hall–Kier alpha value is -5.16. The summed E-state index contributed by atoms with van der Waals surface area (Å²) in [6.07, 6.45) is 1.65. The number of phenolic OH excluding ortho intramolecular Hbond substituents is 2. The number of amides is 1. The van der Waals surface area contributed by atoms with Crippen molar-refractivity contribution in [1.29, 1.82) is 0 Å². The molecule has 8 N–H and O–H groups in total. The predicted molar refractivity (Wildman–Crippen MR) is 203 cm³/mol. The molecule has 56 heavy (non-hydrogen) atoms. The van der Waals surface area contributed by atoms with Gasteiger partial charge in [0.1, 0.15) is 36.8 Å². The van der Waals surface area contributed by atoms with Gasteiger partial charge in [0.05, 0.1) is 18.0 Å². The van der Waals surface area contributed by atoms with Gasteiger partial charge in [-0.05, 0) is 65.6 Å². The maximum absolute atomic E-state index is 14.4. The number of fused-ring (bicyclic) bond motifs is 1. The van der Waals surface area contributed by atoms with Gasteiger partial charge in [0.25, 0.3) is 5.91 Å². The lowest BCUT2D eigenvalue weighted by molar-refractivity contribution is -0.422. The molecule has 1 saturated heterocycles. The third kappa shape index (κ3) is 7.41. The highest BCUT2D eigenvalue weighted by Crippen LogP contribution is 2.54. The molecule has 0 spiro atoms. The van der Waals surface area contributed by atoms with Crippen LogP contribution in [0.25, 0.3) is 6.08 Å². The number of phenols is 2. The number of carbonyl (C=O) groups is 2. The molecule has 3 heterocycles. The Morgan fingerprint density at radius 3 is 2.39 bits per heavy atom. The van der Waals surface area contributed by atoms with Crippen molar-refractivity contribution in [3.05, 3.63) is 89.0 Å². The molecule has 4 aliphatic rings. The molecule has 1 amide bonds. The summed E-state index contributed by atoms with van der Waals surface area (Å²) in [5, 5.41) is 85.0. The normalized spacial score (nSPS) is 28.3. The van der Waals surface area contributed by atoms with Crippen LogP contribution in [0.1, 0.15) is 66.7 Å². The van der Waals surface area contributed by atoms with Crippen molar-refractivity contribution in [3.8, 4) is 17.2 Å². The number of aromatic hydroxyl groups is 2. The van der Waals surface area contributed by atoms with Crippen LogP contribution < -0.4 is 9.64 Å². The third-order valence-electron chi connectivity index (χ3n) is 11.4. The number of rotatable bonds is 11. The number of aliphatic hydroxyl groups excluding tert-OH is 4. The fourth-order valence-corrected chi connectivity index (χ4v) is 8.55. The molecule has 7 rings (SSSR count). The van der Waals surface area contributed by atoms with Gasteiger partial charge < -0.3 is 50.3 Å². The first-order valence-corrected chi connectivity index (χ1v) is 18.6. The maximum Gasteiger partial charge on any atom is 0.355 e. The third-order valence-corrected chi connectivity index (χ3v) is 11.4. The van der Waals surface area contributed by atoms with E-state index in [1.54, 1.807) is 18.3 Å². The number of benzene rings is 3. The number of carboxylic acids is 1. The Labute approximate surface area is 322 Å². The van der Waals surface area contributed by atoms with E-state index in [2.05, 4.69) is 9.98 Å². The van der Waals surface area contributed by atoms with E-state index in [1.807, 2.05) is 30.3 Å². The summed E-state index contributed by atoms with van der Waals surface area (Å²) in [5.74, 6) is -7.07. The molecule has 0 radical (unpaired) electrons. The topological polar surface area (TPSA) is 242 Å². The lowest BCUT2D eigenvalue weighted by atomic mass is 9.63. The molecule has 1 saturated carbocycles. The number of aliphatic imine (C=N–C) groups is 2. The minimum absolute atomic E-state index is 0.0298. The second kappa shape index (κ2) is 15.8. The van der Waals surface area contributed by atoms with Gasteiger partial charge in [0, 0.05) is 36.3 Å². The second-order valence-corrected chi connectivity index (χ2v) is 14.9. The van der Waals surface area contributed by atoms with Crippen molar-refractivity contribution in [1.82, 2.24) is 0 Å². The highest BCUT2D eigenvalue weighted by Gasteiger charge is 2.56. The van der Waals surface area contributed by atoms with Crippen LogP contribution in [0.5, 0.6) is 17.2 Å².